The predicted molar refractivity (Wildman–Crippen MR) is 110 cm³/mol. The molecule has 7 nitrogen and oxygen atoms in total. The zero-order valence-corrected chi connectivity index (χ0v) is 16.2. The summed E-state index contributed by atoms with van der Waals surface area (Å²) in [5.74, 6) is 0.740. The highest BCUT2D eigenvalue weighted by atomic mass is 16.1. The van der Waals surface area contributed by atoms with Crippen molar-refractivity contribution in [2.24, 2.45) is 11.7 Å². The van der Waals surface area contributed by atoms with Crippen LogP contribution in [0.4, 0.5) is 11.5 Å². The molecular formula is C21H27N6O+. The molecule has 0 unspecified atom stereocenters. The normalized spacial score (nSPS) is 25.6. The van der Waals surface area contributed by atoms with Gasteiger partial charge in [-0.25, -0.2) is 0 Å². The third kappa shape index (κ3) is 3.60. The van der Waals surface area contributed by atoms with E-state index in [4.69, 9.17) is 12.3 Å². The van der Waals surface area contributed by atoms with Crippen molar-refractivity contribution in [3.8, 4) is 6.57 Å². The zero-order valence-electron chi connectivity index (χ0n) is 16.2. The fourth-order valence-electron chi connectivity index (χ4n) is 4.45. The van der Waals surface area contributed by atoms with E-state index in [-0.39, 0.29) is 12.1 Å². The highest BCUT2D eigenvalue weighted by Crippen LogP contribution is 2.36. The maximum Gasteiger partial charge on any atom is 0.295 e. The number of rotatable bonds is 5. The van der Waals surface area contributed by atoms with Crippen LogP contribution in [-0.4, -0.2) is 45.8 Å². The molecule has 0 radical (unpaired) electrons. The molecule has 2 heterocycles. The highest BCUT2D eigenvalue weighted by molar-refractivity contribution is 5.98. The minimum Gasteiger partial charge on any atom is -0.365 e. The number of nitrogens with two attached hydrogens (primary N) is 1. The number of para-hydroxylation sites is 1. The van der Waals surface area contributed by atoms with E-state index in [1.807, 2.05) is 35.0 Å². The van der Waals surface area contributed by atoms with Crippen molar-refractivity contribution < 1.29 is 4.79 Å². The molecule has 1 saturated heterocycles. The van der Waals surface area contributed by atoms with Crippen molar-refractivity contribution in [2.75, 3.05) is 18.4 Å². The van der Waals surface area contributed by atoms with E-state index in [1.165, 1.54) is 0 Å². The quantitative estimate of drug-likeness (QED) is 0.836. The molecule has 1 saturated carbocycles. The molecular weight excluding hydrogens is 352 g/mol. The summed E-state index contributed by atoms with van der Waals surface area (Å²) in [6.07, 6.45) is 4.64. The molecule has 1 aliphatic carbocycles. The number of aromatic nitrogens is 2. The number of primary amides is 1. The van der Waals surface area contributed by atoms with Gasteiger partial charge in [0.05, 0.1) is 0 Å². The number of hydrogen-bond donors (Lipinski definition) is 2. The van der Waals surface area contributed by atoms with Gasteiger partial charge in [-0.1, -0.05) is 30.0 Å². The molecule has 146 valence electrons. The number of anilines is 2. The Bertz CT molecular complexity index is 880. The Balaban J connectivity index is 1.54. The van der Waals surface area contributed by atoms with Gasteiger partial charge >= 0.3 is 0 Å². The van der Waals surface area contributed by atoms with Gasteiger partial charge in [0.15, 0.2) is 5.82 Å². The largest absolute Gasteiger partial charge is 0.365 e. The summed E-state index contributed by atoms with van der Waals surface area (Å²) >= 11 is 0. The summed E-state index contributed by atoms with van der Waals surface area (Å²) in [5, 5.41) is 7.83. The first-order valence-corrected chi connectivity index (χ1v) is 9.90. The second kappa shape index (κ2) is 7.64. The number of nitrogens with zero attached hydrogens (tertiary/aromatic N) is 4. The van der Waals surface area contributed by atoms with E-state index >= 15 is 0 Å². The smallest absolute Gasteiger partial charge is 0.295 e. The van der Waals surface area contributed by atoms with Crippen molar-refractivity contribution in [1.29, 1.82) is 0 Å². The standard InChI is InChI=1S/C21H26N6O/c1-14-11-26(12-14)16-8-9-19(18(10-16)23-2)27-13-17(20(22)28)21(25-27)24-15-6-4-3-5-7-15/h2-7,13-14,16,18-19H,8-12H2,1H3,(H2-,22,24,25,28)/p+1/t16-,18-,19-/m0/s1. The van der Waals surface area contributed by atoms with Gasteiger partial charge in [0, 0.05) is 37.4 Å². The lowest BCUT2D eigenvalue weighted by Gasteiger charge is -2.45. The Morgan fingerprint density at radius 2 is 2.04 bits per heavy atom. The van der Waals surface area contributed by atoms with Crippen LogP contribution in [0.25, 0.3) is 4.85 Å². The molecule has 2 aromatic rings. The summed E-state index contributed by atoms with van der Waals surface area (Å²) in [5.41, 5.74) is 6.82. The SMILES string of the molecule is C#[N+][C@H]1C[C@@H](N2CC(C)C2)CC[C@@H]1n1cc(C(N)=O)c(Nc2ccccc2)n1. The molecule has 2 fully saturated rings. The van der Waals surface area contributed by atoms with Crippen molar-refractivity contribution in [2.45, 2.75) is 44.3 Å². The van der Waals surface area contributed by atoms with Crippen LogP contribution in [0.5, 0.6) is 0 Å². The number of carbonyl (C=O) groups excluding carboxylic acids is 1. The van der Waals surface area contributed by atoms with E-state index < -0.39 is 5.91 Å². The number of carbonyl (C=O) groups is 1. The van der Waals surface area contributed by atoms with Crippen LogP contribution >= 0.6 is 0 Å². The zero-order chi connectivity index (χ0) is 19.7. The van der Waals surface area contributed by atoms with Crippen LogP contribution in [0.15, 0.2) is 36.5 Å². The van der Waals surface area contributed by atoms with Crippen LogP contribution in [0.3, 0.4) is 0 Å². The first kappa shape index (κ1) is 18.5. The van der Waals surface area contributed by atoms with Gasteiger partial charge in [0.1, 0.15) is 11.6 Å². The Labute approximate surface area is 165 Å². The second-order valence-corrected chi connectivity index (χ2v) is 8.04. The molecule has 3 atom stereocenters. The summed E-state index contributed by atoms with van der Waals surface area (Å²) in [4.78, 5) is 18.6. The summed E-state index contributed by atoms with van der Waals surface area (Å²) in [6.45, 7) is 10.4. The molecule has 1 aromatic carbocycles. The number of benzene rings is 1. The lowest BCUT2D eigenvalue weighted by atomic mass is 9.84. The van der Waals surface area contributed by atoms with Gasteiger partial charge in [0.2, 0.25) is 0 Å². The maximum absolute atomic E-state index is 12.0. The minimum absolute atomic E-state index is 0.0279. The van der Waals surface area contributed by atoms with Crippen LogP contribution in [0.2, 0.25) is 0 Å². The lowest BCUT2D eigenvalue weighted by Crippen LogP contribution is -2.53. The van der Waals surface area contributed by atoms with Crippen molar-refractivity contribution >= 4 is 17.4 Å². The second-order valence-electron chi connectivity index (χ2n) is 8.04. The Morgan fingerprint density at radius 3 is 2.68 bits per heavy atom. The lowest BCUT2D eigenvalue weighted by molar-refractivity contribution is 0.0341. The average molecular weight is 379 g/mol. The first-order valence-electron chi connectivity index (χ1n) is 9.90. The molecule has 2 aliphatic rings. The summed E-state index contributed by atoms with van der Waals surface area (Å²) in [7, 11) is 0. The Kier molecular flexibility index (Phi) is 5.05. The molecule has 0 spiro atoms. The fraction of sp³-hybridized carbons (Fsp3) is 0.476. The predicted octanol–water partition coefficient (Wildman–Crippen LogP) is 3.10. The van der Waals surface area contributed by atoms with E-state index in [0.29, 0.717) is 17.4 Å². The van der Waals surface area contributed by atoms with Gasteiger partial charge in [-0.3, -0.25) is 14.4 Å². The maximum atomic E-state index is 12.0. The third-order valence-electron chi connectivity index (χ3n) is 5.93. The van der Waals surface area contributed by atoms with E-state index in [2.05, 4.69) is 27.1 Å². The number of amides is 1. The van der Waals surface area contributed by atoms with E-state index in [0.717, 1.165) is 44.0 Å². The monoisotopic (exact) mass is 379 g/mol. The van der Waals surface area contributed by atoms with E-state index in [9.17, 15) is 4.79 Å². The third-order valence-corrected chi connectivity index (χ3v) is 5.93. The summed E-state index contributed by atoms with van der Waals surface area (Å²) in [6, 6.07) is 10.1. The van der Waals surface area contributed by atoms with Crippen molar-refractivity contribution in [3.63, 3.8) is 0 Å². The highest BCUT2D eigenvalue weighted by Gasteiger charge is 2.43. The van der Waals surface area contributed by atoms with Crippen LogP contribution in [0.1, 0.15) is 42.6 Å². The molecule has 3 N–H and O–H groups in total. The Morgan fingerprint density at radius 1 is 1.29 bits per heavy atom. The fourth-order valence-corrected chi connectivity index (χ4v) is 4.45. The van der Waals surface area contributed by atoms with Gasteiger partial charge in [-0.15, -0.1) is 0 Å². The molecule has 4 rings (SSSR count). The van der Waals surface area contributed by atoms with Gasteiger partial charge < -0.3 is 11.1 Å². The van der Waals surface area contributed by atoms with Crippen molar-refractivity contribution in [3.05, 3.63) is 46.9 Å². The average Bonchev–Trinajstić information content (AvgIpc) is 3.09. The van der Waals surface area contributed by atoms with E-state index in [1.54, 1.807) is 6.20 Å². The van der Waals surface area contributed by atoms with Gasteiger partial charge in [-0.05, 0) is 30.9 Å². The number of nitrogens with one attached hydrogen (secondary N) is 1. The van der Waals surface area contributed by atoms with Gasteiger partial charge in [0.25, 0.3) is 18.5 Å². The van der Waals surface area contributed by atoms with Crippen LogP contribution in [0, 0.1) is 12.5 Å². The number of likely N-dealkylation sites (tertiary alicyclic amines) is 1. The van der Waals surface area contributed by atoms with Gasteiger partial charge in [-0.2, -0.15) is 5.10 Å². The molecule has 1 amide bonds. The summed E-state index contributed by atoms with van der Waals surface area (Å²) < 4.78 is 1.82. The molecule has 0 bridgehead atoms. The molecule has 1 aromatic heterocycles. The Hall–Kier alpha value is -2.85. The topological polar surface area (TPSA) is 80.5 Å². The molecule has 1 aliphatic heterocycles. The molecule has 7 heteroatoms. The minimum atomic E-state index is -0.505. The number of hydrogen-bond acceptors (Lipinski definition) is 4. The molecule has 28 heavy (non-hydrogen) atoms. The first-order chi connectivity index (χ1) is 13.5. The van der Waals surface area contributed by atoms with Crippen LogP contribution in [-0.2, 0) is 0 Å². The van der Waals surface area contributed by atoms with Crippen molar-refractivity contribution in [1.82, 2.24) is 14.7 Å². The van der Waals surface area contributed by atoms with Crippen LogP contribution < -0.4 is 11.1 Å².